The van der Waals surface area contributed by atoms with Crippen molar-refractivity contribution in [2.75, 3.05) is 32.8 Å². The lowest BCUT2D eigenvalue weighted by Gasteiger charge is -2.26. The molecule has 0 aromatic heterocycles. The zero-order chi connectivity index (χ0) is 15.9. The van der Waals surface area contributed by atoms with Crippen molar-refractivity contribution in [1.82, 2.24) is 4.90 Å². The van der Waals surface area contributed by atoms with Gasteiger partial charge >= 0.3 is 0 Å². The van der Waals surface area contributed by atoms with Crippen LogP contribution in [0.25, 0.3) is 0 Å². The monoisotopic (exact) mass is 331 g/mol. The summed E-state index contributed by atoms with van der Waals surface area (Å²) in [4.78, 5) is 2.47. The predicted molar refractivity (Wildman–Crippen MR) is 93.5 cm³/mol. The van der Waals surface area contributed by atoms with E-state index in [9.17, 15) is 0 Å². The maximum absolute atomic E-state index is 6.11. The van der Waals surface area contributed by atoms with Gasteiger partial charge in [-0.25, -0.2) is 0 Å². The van der Waals surface area contributed by atoms with Gasteiger partial charge in [0.05, 0.1) is 18.2 Å². The Morgan fingerprint density at radius 2 is 1.74 bits per heavy atom. The van der Waals surface area contributed by atoms with Gasteiger partial charge in [0, 0.05) is 13.1 Å². The number of nitrogens with zero attached hydrogens (tertiary/aromatic N) is 1. The van der Waals surface area contributed by atoms with Crippen LogP contribution in [-0.2, 0) is 11.2 Å². The second-order valence-corrected chi connectivity index (χ2v) is 6.14. The predicted octanol–water partition coefficient (Wildman–Crippen LogP) is 4.40. The summed E-state index contributed by atoms with van der Waals surface area (Å²) in [5.41, 5.74) is 1.34. The average Bonchev–Trinajstić information content (AvgIpc) is 2.59. The molecule has 0 radical (unpaired) electrons. The van der Waals surface area contributed by atoms with Gasteiger partial charge in [-0.2, -0.15) is 0 Å². The Hall–Kier alpha value is -1.55. The molecule has 122 valence electrons. The molecule has 1 aliphatic heterocycles. The zero-order valence-corrected chi connectivity index (χ0v) is 14.0. The molecular weight excluding hydrogens is 310 g/mol. The first-order valence-electron chi connectivity index (χ1n) is 8.13. The third-order valence-electron chi connectivity index (χ3n) is 4.03. The minimum absolute atomic E-state index is 0.627. The summed E-state index contributed by atoms with van der Waals surface area (Å²) in [6, 6.07) is 15.8. The second kappa shape index (κ2) is 8.34. The fourth-order valence-electron chi connectivity index (χ4n) is 2.71. The minimum atomic E-state index is 0.627. The van der Waals surface area contributed by atoms with E-state index in [4.69, 9.17) is 21.1 Å². The summed E-state index contributed by atoms with van der Waals surface area (Å²) in [5.74, 6) is 1.50. The smallest absolute Gasteiger partial charge is 0.146 e. The normalized spacial score (nSPS) is 15.5. The van der Waals surface area contributed by atoms with Gasteiger partial charge < -0.3 is 9.47 Å². The standard InChI is InChI=1S/C19H22ClNO2/c20-18-5-1-2-6-19(18)23-17-9-7-16(8-10-17)4-3-11-21-12-14-22-15-13-21/h1-2,5-10H,3-4,11-15H2. The van der Waals surface area contributed by atoms with Crippen molar-refractivity contribution in [2.24, 2.45) is 0 Å². The quantitative estimate of drug-likeness (QED) is 0.783. The highest BCUT2D eigenvalue weighted by atomic mass is 35.5. The first kappa shape index (κ1) is 16.3. The van der Waals surface area contributed by atoms with Crippen LogP contribution in [0.2, 0.25) is 5.02 Å². The third-order valence-corrected chi connectivity index (χ3v) is 4.34. The van der Waals surface area contributed by atoms with Crippen molar-refractivity contribution in [3.63, 3.8) is 0 Å². The van der Waals surface area contributed by atoms with Crippen molar-refractivity contribution < 1.29 is 9.47 Å². The highest BCUT2D eigenvalue weighted by Crippen LogP contribution is 2.28. The van der Waals surface area contributed by atoms with Gasteiger partial charge in [-0.3, -0.25) is 4.90 Å². The van der Waals surface area contributed by atoms with E-state index < -0.39 is 0 Å². The molecule has 1 heterocycles. The number of morpholine rings is 1. The molecule has 0 aliphatic carbocycles. The molecule has 0 bridgehead atoms. The molecule has 0 atom stereocenters. The highest BCUT2D eigenvalue weighted by molar-refractivity contribution is 6.32. The largest absolute Gasteiger partial charge is 0.456 e. The van der Waals surface area contributed by atoms with E-state index >= 15 is 0 Å². The number of benzene rings is 2. The molecule has 0 N–H and O–H groups in total. The summed E-state index contributed by atoms with van der Waals surface area (Å²) in [5, 5.41) is 0.627. The van der Waals surface area contributed by atoms with Crippen molar-refractivity contribution in [3.05, 3.63) is 59.1 Å². The van der Waals surface area contributed by atoms with Gasteiger partial charge in [0.25, 0.3) is 0 Å². The molecule has 0 spiro atoms. The Labute approximate surface area is 142 Å². The van der Waals surface area contributed by atoms with E-state index in [1.807, 2.05) is 36.4 Å². The average molecular weight is 332 g/mol. The van der Waals surface area contributed by atoms with Crippen LogP contribution in [-0.4, -0.2) is 37.7 Å². The van der Waals surface area contributed by atoms with Crippen LogP contribution >= 0.6 is 11.6 Å². The lowest BCUT2D eigenvalue weighted by atomic mass is 10.1. The van der Waals surface area contributed by atoms with Gasteiger partial charge in [0.2, 0.25) is 0 Å². The minimum Gasteiger partial charge on any atom is -0.456 e. The van der Waals surface area contributed by atoms with Crippen molar-refractivity contribution in [1.29, 1.82) is 0 Å². The van der Waals surface area contributed by atoms with Crippen molar-refractivity contribution >= 4 is 11.6 Å². The van der Waals surface area contributed by atoms with Gasteiger partial charge in [0.15, 0.2) is 0 Å². The molecule has 0 amide bonds. The maximum Gasteiger partial charge on any atom is 0.146 e. The molecule has 1 aliphatic rings. The van der Waals surface area contributed by atoms with Crippen molar-refractivity contribution in [2.45, 2.75) is 12.8 Å². The maximum atomic E-state index is 6.11. The Kier molecular flexibility index (Phi) is 5.92. The number of halogens is 1. The number of hydrogen-bond donors (Lipinski definition) is 0. The van der Waals surface area contributed by atoms with Crippen LogP contribution in [0.1, 0.15) is 12.0 Å². The molecule has 23 heavy (non-hydrogen) atoms. The van der Waals surface area contributed by atoms with E-state index in [-0.39, 0.29) is 0 Å². The molecule has 0 unspecified atom stereocenters. The molecule has 1 fully saturated rings. The molecule has 3 rings (SSSR count). The number of aryl methyl sites for hydroxylation is 1. The fraction of sp³-hybridized carbons (Fsp3) is 0.368. The van der Waals surface area contributed by atoms with Crippen LogP contribution < -0.4 is 4.74 Å². The van der Waals surface area contributed by atoms with Crippen LogP contribution in [0.3, 0.4) is 0 Å². The Morgan fingerprint density at radius 3 is 2.48 bits per heavy atom. The molecule has 3 nitrogen and oxygen atoms in total. The van der Waals surface area contributed by atoms with E-state index in [2.05, 4.69) is 17.0 Å². The summed E-state index contributed by atoms with van der Waals surface area (Å²) < 4.78 is 11.2. The lowest BCUT2D eigenvalue weighted by molar-refractivity contribution is 0.0374. The zero-order valence-electron chi connectivity index (χ0n) is 13.2. The molecule has 0 saturated carbocycles. The van der Waals surface area contributed by atoms with Crippen LogP contribution in [0, 0.1) is 0 Å². The topological polar surface area (TPSA) is 21.7 Å². The molecular formula is C19H22ClNO2. The SMILES string of the molecule is Clc1ccccc1Oc1ccc(CCCN2CCOCC2)cc1. The van der Waals surface area contributed by atoms with Gasteiger partial charge in [0.1, 0.15) is 11.5 Å². The first-order valence-corrected chi connectivity index (χ1v) is 8.50. The summed E-state index contributed by atoms with van der Waals surface area (Å²) in [7, 11) is 0. The van der Waals surface area contributed by atoms with Gasteiger partial charge in [-0.1, -0.05) is 35.9 Å². The Balaban J connectivity index is 1.48. The fourth-order valence-corrected chi connectivity index (χ4v) is 2.88. The number of para-hydroxylation sites is 1. The lowest BCUT2D eigenvalue weighted by Crippen LogP contribution is -2.36. The number of ether oxygens (including phenoxy) is 2. The van der Waals surface area contributed by atoms with Crippen LogP contribution in [0.4, 0.5) is 0 Å². The Morgan fingerprint density at radius 1 is 1.00 bits per heavy atom. The van der Waals surface area contributed by atoms with E-state index in [1.54, 1.807) is 0 Å². The third kappa shape index (κ3) is 4.96. The highest BCUT2D eigenvalue weighted by Gasteiger charge is 2.09. The molecule has 4 heteroatoms. The van der Waals surface area contributed by atoms with Gasteiger partial charge in [-0.05, 0) is 49.2 Å². The molecule has 2 aromatic rings. The van der Waals surface area contributed by atoms with E-state index in [0.29, 0.717) is 10.8 Å². The summed E-state index contributed by atoms with van der Waals surface area (Å²) >= 11 is 6.11. The molecule has 2 aromatic carbocycles. The number of rotatable bonds is 6. The number of hydrogen-bond acceptors (Lipinski definition) is 3. The van der Waals surface area contributed by atoms with Crippen LogP contribution in [0.5, 0.6) is 11.5 Å². The van der Waals surface area contributed by atoms with Crippen molar-refractivity contribution in [3.8, 4) is 11.5 Å². The van der Waals surface area contributed by atoms with Crippen LogP contribution in [0.15, 0.2) is 48.5 Å². The van der Waals surface area contributed by atoms with E-state index in [1.165, 1.54) is 12.0 Å². The van der Waals surface area contributed by atoms with Gasteiger partial charge in [-0.15, -0.1) is 0 Å². The summed E-state index contributed by atoms with van der Waals surface area (Å²) in [6.45, 7) is 5.00. The first-order chi connectivity index (χ1) is 11.3. The van der Waals surface area contributed by atoms with E-state index in [0.717, 1.165) is 45.0 Å². The summed E-state index contributed by atoms with van der Waals surface area (Å²) in [6.07, 6.45) is 2.26. The Bertz CT molecular complexity index is 609. The second-order valence-electron chi connectivity index (χ2n) is 5.73. The molecule has 1 saturated heterocycles.